The molecule has 1 aliphatic rings. The molecule has 4 rings (SSSR count). The van der Waals surface area contributed by atoms with E-state index in [1.807, 2.05) is 15.9 Å². The predicted molar refractivity (Wildman–Crippen MR) is 127 cm³/mol. The molecular weight excluding hydrogens is 406 g/mol. The minimum atomic E-state index is 0.0515. The van der Waals surface area contributed by atoms with Gasteiger partial charge in [-0.25, -0.2) is 0 Å². The van der Waals surface area contributed by atoms with Crippen molar-refractivity contribution in [1.82, 2.24) is 14.4 Å². The highest BCUT2D eigenvalue weighted by Gasteiger charge is 2.26. The van der Waals surface area contributed by atoms with Crippen molar-refractivity contribution in [3.63, 3.8) is 0 Å². The Bertz CT molecular complexity index is 1110. The van der Waals surface area contributed by atoms with Crippen LogP contribution in [-0.4, -0.2) is 52.4 Å². The van der Waals surface area contributed by atoms with Crippen LogP contribution >= 0.6 is 11.3 Å². The molecule has 5 nitrogen and oxygen atoms in total. The van der Waals surface area contributed by atoms with E-state index < -0.39 is 0 Å². The van der Waals surface area contributed by atoms with Crippen molar-refractivity contribution in [2.24, 2.45) is 0 Å². The summed E-state index contributed by atoms with van der Waals surface area (Å²) in [6, 6.07) is 12.9. The number of amides is 2. The van der Waals surface area contributed by atoms with Crippen LogP contribution in [0.15, 0.2) is 36.4 Å². The van der Waals surface area contributed by atoms with Gasteiger partial charge < -0.3 is 14.4 Å². The normalized spacial score (nSPS) is 15.0. The lowest BCUT2D eigenvalue weighted by atomic mass is 9.87. The van der Waals surface area contributed by atoms with E-state index in [4.69, 9.17) is 0 Å². The summed E-state index contributed by atoms with van der Waals surface area (Å²) >= 11 is 1.73. The summed E-state index contributed by atoms with van der Waals surface area (Å²) in [6.45, 7) is 13.4. The molecule has 0 bridgehead atoms. The Morgan fingerprint density at radius 3 is 2.16 bits per heavy atom. The molecular formula is C25H31N3O2S. The van der Waals surface area contributed by atoms with Crippen LogP contribution in [0.3, 0.4) is 0 Å². The van der Waals surface area contributed by atoms with Crippen LogP contribution < -0.4 is 0 Å². The number of rotatable bonds is 3. The molecule has 0 unspecified atom stereocenters. The van der Waals surface area contributed by atoms with Gasteiger partial charge in [0.1, 0.15) is 5.69 Å². The van der Waals surface area contributed by atoms with Gasteiger partial charge in [0, 0.05) is 44.5 Å². The number of piperazine rings is 1. The molecule has 2 aromatic heterocycles. The third-order valence-corrected chi connectivity index (χ3v) is 7.09. The van der Waals surface area contributed by atoms with Gasteiger partial charge in [-0.05, 0) is 35.6 Å². The van der Waals surface area contributed by atoms with E-state index in [0.717, 1.165) is 15.9 Å². The largest absolute Gasteiger partial charge is 0.339 e. The lowest BCUT2D eigenvalue weighted by molar-refractivity contribution is -0.130. The van der Waals surface area contributed by atoms with Gasteiger partial charge in [0.2, 0.25) is 5.91 Å². The fourth-order valence-corrected chi connectivity index (χ4v) is 5.15. The second kappa shape index (κ2) is 8.15. The lowest BCUT2D eigenvalue weighted by Crippen LogP contribution is -2.50. The molecule has 3 aromatic rings. The molecule has 1 aromatic carbocycles. The van der Waals surface area contributed by atoms with Gasteiger partial charge in [-0.3, -0.25) is 9.59 Å². The molecule has 1 fully saturated rings. The topological polar surface area (TPSA) is 45.6 Å². The first-order valence-electron chi connectivity index (χ1n) is 10.9. The zero-order valence-electron chi connectivity index (χ0n) is 19.1. The smallest absolute Gasteiger partial charge is 0.270 e. The van der Waals surface area contributed by atoms with Crippen molar-refractivity contribution < 1.29 is 9.59 Å². The van der Waals surface area contributed by atoms with Crippen LogP contribution in [0.1, 0.15) is 54.2 Å². The van der Waals surface area contributed by atoms with Gasteiger partial charge in [0.25, 0.3) is 5.91 Å². The van der Waals surface area contributed by atoms with Crippen molar-refractivity contribution in [3.8, 4) is 0 Å². The summed E-state index contributed by atoms with van der Waals surface area (Å²) in [6.07, 6.45) is 0. The molecule has 0 N–H and O–H groups in total. The van der Waals surface area contributed by atoms with Gasteiger partial charge in [0.05, 0.1) is 10.2 Å². The number of hydrogen-bond donors (Lipinski definition) is 0. The van der Waals surface area contributed by atoms with Crippen molar-refractivity contribution >= 4 is 33.4 Å². The van der Waals surface area contributed by atoms with Crippen LogP contribution in [0.4, 0.5) is 0 Å². The first kappa shape index (κ1) is 21.6. The Balaban J connectivity index is 1.63. The maximum absolute atomic E-state index is 13.4. The lowest BCUT2D eigenvalue weighted by Gasteiger charge is -2.34. The Kier molecular flexibility index (Phi) is 5.69. The Morgan fingerprint density at radius 2 is 1.58 bits per heavy atom. The molecule has 31 heavy (non-hydrogen) atoms. The molecule has 0 atom stereocenters. The molecule has 0 aliphatic carbocycles. The maximum Gasteiger partial charge on any atom is 0.270 e. The highest BCUT2D eigenvalue weighted by molar-refractivity contribution is 7.19. The first-order valence-corrected chi connectivity index (χ1v) is 11.7. The molecule has 3 heterocycles. The Morgan fingerprint density at radius 1 is 0.968 bits per heavy atom. The van der Waals surface area contributed by atoms with Crippen LogP contribution in [0.5, 0.6) is 0 Å². The summed E-state index contributed by atoms with van der Waals surface area (Å²) in [5.74, 6) is 0.126. The van der Waals surface area contributed by atoms with Crippen molar-refractivity contribution in [1.29, 1.82) is 0 Å². The van der Waals surface area contributed by atoms with E-state index in [1.54, 1.807) is 18.3 Å². The van der Waals surface area contributed by atoms with Crippen molar-refractivity contribution in [2.45, 2.75) is 46.6 Å². The number of carbonyl (C=O) groups is 2. The number of carbonyl (C=O) groups excluding carboxylic acids is 2. The number of aromatic nitrogens is 1. The van der Waals surface area contributed by atoms with Gasteiger partial charge in [0.15, 0.2) is 0 Å². The number of aryl methyl sites for hydroxylation is 1. The highest BCUT2D eigenvalue weighted by Crippen LogP contribution is 2.31. The average Bonchev–Trinajstić information content (AvgIpc) is 3.24. The Hall–Kier alpha value is -2.60. The minimum Gasteiger partial charge on any atom is -0.339 e. The quantitative estimate of drug-likeness (QED) is 0.598. The molecule has 6 heteroatoms. The second-order valence-electron chi connectivity index (χ2n) is 9.47. The standard InChI is InChI=1S/C25H31N3O2S/c1-17-14-21-23(31-17)15-22(24(30)27-12-10-26(11-13-27)18(2)29)28(21)16-19-6-8-20(9-7-19)25(3,4)5/h6-9,14-15H,10-13,16H2,1-5H3. The third-order valence-electron chi connectivity index (χ3n) is 6.10. The van der Waals surface area contributed by atoms with Gasteiger partial charge in [-0.2, -0.15) is 0 Å². The number of benzene rings is 1. The zero-order chi connectivity index (χ0) is 22.3. The molecule has 0 spiro atoms. The van der Waals surface area contributed by atoms with Crippen molar-refractivity contribution in [2.75, 3.05) is 26.2 Å². The molecule has 0 saturated carbocycles. The number of fused-ring (bicyclic) bond motifs is 1. The molecule has 2 amide bonds. The van der Waals surface area contributed by atoms with E-state index >= 15 is 0 Å². The van der Waals surface area contributed by atoms with Gasteiger partial charge in [-0.15, -0.1) is 11.3 Å². The summed E-state index contributed by atoms with van der Waals surface area (Å²) in [5.41, 5.74) is 4.46. The summed E-state index contributed by atoms with van der Waals surface area (Å²) in [4.78, 5) is 30.0. The number of hydrogen-bond acceptors (Lipinski definition) is 3. The maximum atomic E-state index is 13.4. The molecule has 1 aliphatic heterocycles. The highest BCUT2D eigenvalue weighted by atomic mass is 32.1. The Labute approximate surface area is 188 Å². The zero-order valence-corrected chi connectivity index (χ0v) is 19.9. The summed E-state index contributed by atoms with van der Waals surface area (Å²) in [7, 11) is 0. The fourth-order valence-electron chi connectivity index (χ4n) is 4.19. The monoisotopic (exact) mass is 437 g/mol. The SMILES string of the molecule is CC(=O)N1CCN(C(=O)c2cc3sc(C)cc3n2Cc2ccc(C(C)(C)C)cc2)CC1. The minimum absolute atomic E-state index is 0.0515. The first-order chi connectivity index (χ1) is 14.6. The molecule has 164 valence electrons. The van der Waals surface area contributed by atoms with Crippen LogP contribution in [0.25, 0.3) is 10.2 Å². The summed E-state index contributed by atoms with van der Waals surface area (Å²) < 4.78 is 3.31. The fraction of sp³-hybridized carbons (Fsp3) is 0.440. The van der Waals surface area contributed by atoms with Crippen molar-refractivity contribution in [3.05, 3.63) is 58.1 Å². The van der Waals surface area contributed by atoms with Gasteiger partial charge in [-0.1, -0.05) is 45.0 Å². The van der Waals surface area contributed by atoms with Gasteiger partial charge >= 0.3 is 0 Å². The van der Waals surface area contributed by atoms with Crippen LogP contribution in [-0.2, 0) is 16.8 Å². The molecule has 1 saturated heterocycles. The molecule has 0 radical (unpaired) electrons. The van der Waals surface area contributed by atoms with Crippen LogP contribution in [0.2, 0.25) is 0 Å². The number of thiophene rings is 1. The predicted octanol–water partition coefficient (Wildman–Crippen LogP) is 4.66. The number of nitrogens with zero attached hydrogens (tertiary/aromatic N) is 3. The summed E-state index contributed by atoms with van der Waals surface area (Å²) in [5, 5.41) is 0. The third kappa shape index (κ3) is 4.40. The van der Waals surface area contributed by atoms with E-state index in [-0.39, 0.29) is 17.2 Å². The van der Waals surface area contributed by atoms with E-state index in [1.165, 1.54) is 16.0 Å². The second-order valence-corrected chi connectivity index (χ2v) is 10.8. The average molecular weight is 438 g/mol. The van der Waals surface area contributed by atoms with E-state index in [9.17, 15) is 9.59 Å². The van der Waals surface area contributed by atoms with E-state index in [0.29, 0.717) is 32.7 Å². The van der Waals surface area contributed by atoms with E-state index in [2.05, 4.69) is 62.6 Å². The van der Waals surface area contributed by atoms with Crippen LogP contribution in [0, 0.1) is 6.92 Å².